The Labute approximate surface area is 171 Å². The number of para-hydroxylation sites is 1. The first-order valence-corrected chi connectivity index (χ1v) is 9.73. The number of likely N-dealkylation sites (tertiary alicyclic amines) is 1. The monoisotopic (exact) mass is 408 g/mol. The van der Waals surface area contributed by atoms with Gasteiger partial charge in [-0.05, 0) is 56.8 Å². The molecule has 2 fully saturated rings. The van der Waals surface area contributed by atoms with Gasteiger partial charge < -0.3 is 21.3 Å². The summed E-state index contributed by atoms with van der Waals surface area (Å²) in [6.07, 6.45) is 3.61. The summed E-state index contributed by atoms with van der Waals surface area (Å²) in [6.45, 7) is 3.01. The molecule has 2 saturated heterocycles. The summed E-state index contributed by atoms with van der Waals surface area (Å²) >= 11 is 0. The van der Waals surface area contributed by atoms with Crippen LogP contribution in [0.15, 0.2) is 24.3 Å². The fourth-order valence-corrected chi connectivity index (χ4v) is 3.82. The van der Waals surface area contributed by atoms with Crippen LogP contribution in [0.2, 0.25) is 0 Å². The van der Waals surface area contributed by atoms with Crippen molar-refractivity contribution in [1.29, 1.82) is 0 Å². The van der Waals surface area contributed by atoms with Gasteiger partial charge in [0.1, 0.15) is 0 Å². The van der Waals surface area contributed by atoms with E-state index in [9.17, 15) is 14.4 Å². The minimum absolute atomic E-state index is 0. The summed E-state index contributed by atoms with van der Waals surface area (Å²) in [5.74, 6) is -0.0797. The van der Waals surface area contributed by atoms with E-state index < -0.39 is 0 Å². The second-order valence-electron chi connectivity index (χ2n) is 7.46. The molecule has 0 saturated carbocycles. The van der Waals surface area contributed by atoms with E-state index in [4.69, 9.17) is 5.73 Å². The number of carbonyl (C=O) groups is 3. The molecule has 8 heteroatoms. The first kappa shape index (κ1) is 22.2. The van der Waals surface area contributed by atoms with Gasteiger partial charge >= 0.3 is 0 Å². The number of halogens is 1. The predicted molar refractivity (Wildman–Crippen MR) is 110 cm³/mol. The zero-order valence-electron chi connectivity index (χ0n) is 16.0. The lowest BCUT2D eigenvalue weighted by atomic mass is 9.95. The average molecular weight is 409 g/mol. The SMILES string of the molecule is Cl.NC(=O)C1CCN(C(=O)c2ccccc2NC(=O)CCC2CCNC2)CC1. The van der Waals surface area contributed by atoms with Crippen molar-refractivity contribution in [3.8, 4) is 0 Å². The molecule has 1 unspecified atom stereocenters. The van der Waals surface area contributed by atoms with Crippen LogP contribution < -0.4 is 16.4 Å². The summed E-state index contributed by atoms with van der Waals surface area (Å²) in [5.41, 5.74) is 6.40. The van der Waals surface area contributed by atoms with Gasteiger partial charge in [0.05, 0.1) is 11.3 Å². The lowest BCUT2D eigenvalue weighted by Crippen LogP contribution is -2.42. The van der Waals surface area contributed by atoms with Gasteiger partial charge in [0.25, 0.3) is 5.91 Å². The van der Waals surface area contributed by atoms with Crippen LogP contribution in [0.25, 0.3) is 0 Å². The predicted octanol–water partition coefficient (Wildman–Crippen LogP) is 1.77. The summed E-state index contributed by atoms with van der Waals surface area (Å²) < 4.78 is 0. The molecule has 3 rings (SSSR count). The Kier molecular flexibility index (Phi) is 8.26. The number of rotatable bonds is 6. The number of amides is 3. The first-order chi connectivity index (χ1) is 13.0. The maximum absolute atomic E-state index is 12.9. The van der Waals surface area contributed by atoms with E-state index in [-0.39, 0.29) is 36.0 Å². The van der Waals surface area contributed by atoms with Crippen molar-refractivity contribution in [1.82, 2.24) is 10.2 Å². The largest absolute Gasteiger partial charge is 0.369 e. The van der Waals surface area contributed by atoms with Crippen molar-refractivity contribution in [3.63, 3.8) is 0 Å². The number of primary amides is 1. The fraction of sp³-hybridized carbons (Fsp3) is 0.550. The number of nitrogens with two attached hydrogens (primary N) is 1. The molecule has 7 nitrogen and oxygen atoms in total. The molecule has 1 atom stereocenters. The summed E-state index contributed by atoms with van der Waals surface area (Å²) in [4.78, 5) is 38.3. The van der Waals surface area contributed by atoms with E-state index in [1.165, 1.54) is 0 Å². The molecule has 0 bridgehead atoms. The van der Waals surface area contributed by atoms with Gasteiger partial charge in [-0.3, -0.25) is 14.4 Å². The second-order valence-corrected chi connectivity index (χ2v) is 7.46. The van der Waals surface area contributed by atoms with E-state index in [0.717, 1.165) is 25.9 Å². The maximum atomic E-state index is 12.9. The first-order valence-electron chi connectivity index (χ1n) is 9.73. The second kappa shape index (κ2) is 10.4. The van der Waals surface area contributed by atoms with Gasteiger partial charge in [-0.1, -0.05) is 12.1 Å². The molecule has 0 radical (unpaired) electrons. The number of piperidine rings is 1. The van der Waals surface area contributed by atoms with Crippen LogP contribution >= 0.6 is 12.4 Å². The van der Waals surface area contributed by atoms with Crippen LogP contribution in [-0.4, -0.2) is 48.8 Å². The lowest BCUT2D eigenvalue weighted by Gasteiger charge is -2.31. The van der Waals surface area contributed by atoms with Crippen LogP contribution in [0, 0.1) is 11.8 Å². The minimum atomic E-state index is -0.299. The summed E-state index contributed by atoms with van der Waals surface area (Å²) in [6, 6.07) is 7.10. The van der Waals surface area contributed by atoms with Crippen molar-refractivity contribution in [3.05, 3.63) is 29.8 Å². The zero-order chi connectivity index (χ0) is 19.2. The van der Waals surface area contributed by atoms with Gasteiger partial charge in [-0.2, -0.15) is 0 Å². The highest BCUT2D eigenvalue weighted by atomic mass is 35.5. The Morgan fingerprint density at radius 2 is 1.86 bits per heavy atom. The molecule has 1 aromatic rings. The molecule has 0 aliphatic carbocycles. The molecule has 3 amide bonds. The molecule has 2 aliphatic rings. The van der Waals surface area contributed by atoms with Crippen LogP contribution in [0.5, 0.6) is 0 Å². The molecule has 2 aliphatic heterocycles. The van der Waals surface area contributed by atoms with Crippen molar-refractivity contribution in [2.45, 2.75) is 32.1 Å². The summed E-state index contributed by atoms with van der Waals surface area (Å²) in [7, 11) is 0. The number of benzene rings is 1. The third-order valence-electron chi connectivity index (χ3n) is 5.56. The molecule has 4 N–H and O–H groups in total. The quantitative estimate of drug-likeness (QED) is 0.667. The molecular formula is C20H29ClN4O3. The normalized spacial score (nSPS) is 19.7. The van der Waals surface area contributed by atoms with E-state index >= 15 is 0 Å². The topological polar surface area (TPSA) is 105 Å². The van der Waals surface area contributed by atoms with Crippen molar-refractivity contribution in [2.24, 2.45) is 17.6 Å². The highest BCUT2D eigenvalue weighted by molar-refractivity contribution is 6.03. The van der Waals surface area contributed by atoms with Crippen molar-refractivity contribution in [2.75, 3.05) is 31.5 Å². The highest BCUT2D eigenvalue weighted by Gasteiger charge is 2.27. The number of nitrogens with zero attached hydrogens (tertiary/aromatic N) is 1. The smallest absolute Gasteiger partial charge is 0.255 e. The molecule has 0 aromatic heterocycles. The number of hydrogen-bond donors (Lipinski definition) is 3. The van der Waals surface area contributed by atoms with E-state index in [2.05, 4.69) is 10.6 Å². The molecule has 0 spiro atoms. The van der Waals surface area contributed by atoms with Crippen LogP contribution in [0.1, 0.15) is 42.5 Å². The number of nitrogens with one attached hydrogen (secondary N) is 2. The minimum Gasteiger partial charge on any atom is -0.369 e. The molecule has 28 heavy (non-hydrogen) atoms. The Morgan fingerprint density at radius 3 is 2.50 bits per heavy atom. The average Bonchev–Trinajstić information content (AvgIpc) is 3.20. The zero-order valence-corrected chi connectivity index (χ0v) is 16.8. The Morgan fingerprint density at radius 1 is 1.14 bits per heavy atom. The third kappa shape index (κ3) is 5.69. The van der Waals surface area contributed by atoms with Crippen LogP contribution in [-0.2, 0) is 9.59 Å². The Balaban J connectivity index is 0.00000280. The Hall–Kier alpha value is -2.12. The van der Waals surface area contributed by atoms with E-state index in [0.29, 0.717) is 49.5 Å². The van der Waals surface area contributed by atoms with Gasteiger partial charge in [0, 0.05) is 25.4 Å². The molecular weight excluding hydrogens is 380 g/mol. The lowest BCUT2D eigenvalue weighted by molar-refractivity contribution is -0.123. The number of hydrogen-bond acceptors (Lipinski definition) is 4. The van der Waals surface area contributed by atoms with Gasteiger partial charge in [0.15, 0.2) is 0 Å². The Bertz CT molecular complexity index is 698. The summed E-state index contributed by atoms with van der Waals surface area (Å²) in [5, 5.41) is 6.21. The molecule has 2 heterocycles. The van der Waals surface area contributed by atoms with E-state index in [1.807, 2.05) is 6.07 Å². The standard InChI is InChI=1S/C20H28N4O3.ClH/c21-19(26)15-8-11-24(12-9-15)20(27)16-3-1-2-4-17(16)23-18(25)6-5-14-7-10-22-13-14;/h1-4,14-15,22H,5-13H2,(H2,21,26)(H,23,25);1H. The van der Waals surface area contributed by atoms with Crippen molar-refractivity contribution >= 4 is 35.8 Å². The van der Waals surface area contributed by atoms with Crippen molar-refractivity contribution < 1.29 is 14.4 Å². The van der Waals surface area contributed by atoms with Crippen LogP contribution in [0.4, 0.5) is 5.69 Å². The number of carbonyl (C=O) groups excluding carboxylic acids is 3. The fourth-order valence-electron chi connectivity index (χ4n) is 3.82. The molecule has 154 valence electrons. The number of anilines is 1. The van der Waals surface area contributed by atoms with Gasteiger partial charge in [-0.15, -0.1) is 12.4 Å². The highest BCUT2D eigenvalue weighted by Crippen LogP contribution is 2.23. The molecule has 1 aromatic carbocycles. The third-order valence-corrected chi connectivity index (χ3v) is 5.56. The van der Waals surface area contributed by atoms with Gasteiger partial charge in [-0.25, -0.2) is 0 Å². The van der Waals surface area contributed by atoms with Crippen LogP contribution in [0.3, 0.4) is 0 Å². The van der Waals surface area contributed by atoms with Gasteiger partial charge in [0.2, 0.25) is 11.8 Å². The van der Waals surface area contributed by atoms with E-state index in [1.54, 1.807) is 23.1 Å². The maximum Gasteiger partial charge on any atom is 0.255 e.